The van der Waals surface area contributed by atoms with Gasteiger partial charge in [0.25, 0.3) is 0 Å². The van der Waals surface area contributed by atoms with Crippen LogP contribution in [0.1, 0.15) is 5.76 Å². The van der Waals surface area contributed by atoms with Crippen LogP contribution in [0.4, 0.5) is 13.2 Å². The fourth-order valence-corrected chi connectivity index (χ4v) is 0.649. The maximum Gasteiger partial charge on any atom is 0.414 e. The molecule has 1 heterocycles. The molecule has 1 aromatic rings. The van der Waals surface area contributed by atoms with Crippen LogP contribution in [-0.2, 0) is 6.42 Å². The van der Waals surface area contributed by atoms with E-state index in [2.05, 4.69) is 9.40 Å². The number of halogens is 3. The van der Waals surface area contributed by atoms with Crippen LogP contribution < -0.4 is 0 Å². The van der Waals surface area contributed by atoms with Gasteiger partial charge in [0.15, 0.2) is 12.5 Å². The van der Waals surface area contributed by atoms with Gasteiger partial charge in [0.2, 0.25) is 0 Å². The number of aliphatic hydroxyl groups excluding tert-OH is 1. The third kappa shape index (κ3) is 2.23. The quantitative estimate of drug-likeness (QED) is 0.744. The summed E-state index contributed by atoms with van der Waals surface area (Å²) in [5.74, 6) is 0.0137. The van der Waals surface area contributed by atoms with Crippen molar-refractivity contribution in [2.24, 2.45) is 0 Å². The Morgan fingerprint density at radius 1 is 1.58 bits per heavy atom. The van der Waals surface area contributed by atoms with Crippen molar-refractivity contribution in [2.45, 2.75) is 18.7 Å². The fraction of sp³-hybridized carbons (Fsp3) is 0.500. The van der Waals surface area contributed by atoms with Crippen molar-refractivity contribution in [3.63, 3.8) is 0 Å². The van der Waals surface area contributed by atoms with E-state index in [1.165, 1.54) is 0 Å². The first kappa shape index (κ1) is 9.05. The zero-order valence-corrected chi connectivity index (χ0v) is 5.88. The SMILES string of the molecule is OC(Cc1cnco1)C(F)(F)F. The van der Waals surface area contributed by atoms with Gasteiger partial charge >= 0.3 is 6.18 Å². The van der Waals surface area contributed by atoms with E-state index in [-0.39, 0.29) is 5.76 Å². The smallest absolute Gasteiger partial charge is 0.414 e. The summed E-state index contributed by atoms with van der Waals surface area (Å²) >= 11 is 0. The molecule has 0 aliphatic rings. The summed E-state index contributed by atoms with van der Waals surface area (Å²) in [5, 5.41) is 8.54. The number of hydrogen-bond acceptors (Lipinski definition) is 3. The number of oxazole rings is 1. The maximum atomic E-state index is 11.7. The molecule has 0 fully saturated rings. The van der Waals surface area contributed by atoms with E-state index in [9.17, 15) is 13.2 Å². The molecule has 0 spiro atoms. The Kier molecular flexibility index (Phi) is 2.37. The summed E-state index contributed by atoms with van der Waals surface area (Å²) in [7, 11) is 0. The molecule has 0 aliphatic carbocycles. The molecule has 0 amide bonds. The zero-order chi connectivity index (χ0) is 9.19. The highest BCUT2D eigenvalue weighted by atomic mass is 19.4. The Hall–Kier alpha value is -1.04. The van der Waals surface area contributed by atoms with Crippen molar-refractivity contribution in [1.29, 1.82) is 0 Å². The van der Waals surface area contributed by atoms with E-state index >= 15 is 0 Å². The van der Waals surface area contributed by atoms with E-state index in [0.717, 1.165) is 12.6 Å². The molecule has 0 saturated carbocycles. The lowest BCUT2D eigenvalue weighted by Crippen LogP contribution is -2.30. The molecule has 0 aromatic carbocycles. The van der Waals surface area contributed by atoms with Crippen LogP contribution in [-0.4, -0.2) is 22.4 Å². The van der Waals surface area contributed by atoms with Gasteiger partial charge in [-0.3, -0.25) is 0 Å². The van der Waals surface area contributed by atoms with Crippen LogP contribution in [0.3, 0.4) is 0 Å². The summed E-state index contributed by atoms with van der Waals surface area (Å²) in [6.45, 7) is 0. The molecule has 1 aromatic heterocycles. The lowest BCUT2D eigenvalue weighted by atomic mass is 10.2. The topological polar surface area (TPSA) is 46.3 Å². The summed E-state index contributed by atoms with van der Waals surface area (Å²) in [6.07, 6.45) is -5.44. The number of aromatic nitrogens is 1. The third-order valence-electron chi connectivity index (χ3n) is 1.26. The number of rotatable bonds is 2. The average molecular weight is 181 g/mol. The number of nitrogens with zero attached hydrogens (tertiary/aromatic N) is 1. The standard InChI is InChI=1S/C6H6F3NO2/c7-6(8,9)5(11)1-4-2-10-3-12-4/h2-3,5,11H,1H2. The highest BCUT2D eigenvalue weighted by molar-refractivity contribution is 4.92. The number of aliphatic hydroxyl groups is 1. The highest BCUT2D eigenvalue weighted by Crippen LogP contribution is 2.22. The van der Waals surface area contributed by atoms with Gasteiger partial charge in [-0.05, 0) is 0 Å². The van der Waals surface area contributed by atoms with E-state index < -0.39 is 18.7 Å². The summed E-state index contributed by atoms with van der Waals surface area (Å²) < 4.78 is 39.7. The minimum atomic E-state index is -4.60. The maximum absolute atomic E-state index is 11.7. The van der Waals surface area contributed by atoms with E-state index in [0.29, 0.717) is 0 Å². The number of alkyl halides is 3. The van der Waals surface area contributed by atoms with E-state index in [1.54, 1.807) is 0 Å². The lowest BCUT2D eigenvalue weighted by Gasteiger charge is -2.11. The number of hydrogen-bond donors (Lipinski definition) is 1. The minimum Gasteiger partial charge on any atom is -0.448 e. The van der Waals surface area contributed by atoms with Gasteiger partial charge in [-0.2, -0.15) is 13.2 Å². The molecule has 3 nitrogen and oxygen atoms in total. The Labute approximate surface area is 65.8 Å². The minimum absolute atomic E-state index is 0.0137. The Balaban J connectivity index is 2.53. The van der Waals surface area contributed by atoms with E-state index in [4.69, 9.17) is 5.11 Å². The van der Waals surface area contributed by atoms with Crippen LogP contribution in [0, 0.1) is 0 Å². The monoisotopic (exact) mass is 181 g/mol. The first-order chi connectivity index (χ1) is 5.50. The van der Waals surface area contributed by atoms with Crippen LogP contribution in [0.2, 0.25) is 0 Å². The first-order valence-corrected chi connectivity index (χ1v) is 3.12. The van der Waals surface area contributed by atoms with Gasteiger partial charge < -0.3 is 9.52 Å². The largest absolute Gasteiger partial charge is 0.448 e. The lowest BCUT2D eigenvalue weighted by molar-refractivity contribution is -0.203. The summed E-state index contributed by atoms with van der Waals surface area (Å²) in [6, 6.07) is 0. The predicted molar refractivity (Wildman–Crippen MR) is 32.3 cm³/mol. The molecule has 12 heavy (non-hydrogen) atoms. The third-order valence-corrected chi connectivity index (χ3v) is 1.26. The first-order valence-electron chi connectivity index (χ1n) is 3.12. The second-order valence-electron chi connectivity index (χ2n) is 2.23. The molecule has 1 unspecified atom stereocenters. The van der Waals surface area contributed by atoms with Crippen molar-refractivity contribution in [3.8, 4) is 0 Å². The highest BCUT2D eigenvalue weighted by Gasteiger charge is 2.38. The van der Waals surface area contributed by atoms with Gasteiger partial charge in [0.05, 0.1) is 6.20 Å². The van der Waals surface area contributed by atoms with Gasteiger partial charge in [-0.1, -0.05) is 0 Å². The molecule has 0 saturated heterocycles. The molecule has 1 atom stereocenters. The van der Waals surface area contributed by atoms with Gasteiger partial charge in [-0.15, -0.1) is 0 Å². The molecule has 68 valence electrons. The Morgan fingerprint density at radius 2 is 2.25 bits per heavy atom. The van der Waals surface area contributed by atoms with Crippen molar-refractivity contribution in [2.75, 3.05) is 0 Å². The fourth-order valence-electron chi connectivity index (χ4n) is 0.649. The molecule has 0 bridgehead atoms. The molecule has 1 N–H and O–H groups in total. The van der Waals surface area contributed by atoms with Crippen LogP contribution in [0.25, 0.3) is 0 Å². The molecule has 0 aliphatic heterocycles. The molecule has 1 rings (SSSR count). The van der Waals surface area contributed by atoms with Crippen molar-refractivity contribution in [3.05, 3.63) is 18.4 Å². The Morgan fingerprint density at radius 3 is 2.67 bits per heavy atom. The van der Waals surface area contributed by atoms with Crippen molar-refractivity contribution >= 4 is 0 Å². The van der Waals surface area contributed by atoms with Gasteiger partial charge in [0, 0.05) is 6.42 Å². The summed E-state index contributed by atoms with van der Waals surface area (Å²) in [5.41, 5.74) is 0. The molecule has 6 heteroatoms. The second kappa shape index (κ2) is 3.14. The van der Waals surface area contributed by atoms with Crippen LogP contribution in [0.5, 0.6) is 0 Å². The second-order valence-corrected chi connectivity index (χ2v) is 2.23. The van der Waals surface area contributed by atoms with Crippen molar-refractivity contribution in [1.82, 2.24) is 4.98 Å². The zero-order valence-electron chi connectivity index (χ0n) is 5.88. The summed E-state index contributed by atoms with van der Waals surface area (Å²) in [4.78, 5) is 3.41. The average Bonchev–Trinajstić information content (AvgIpc) is 2.37. The van der Waals surface area contributed by atoms with Crippen LogP contribution in [0.15, 0.2) is 17.0 Å². The van der Waals surface area contributed by atoms with Crippen molar-refractivity contribution < 1.29 is 22.7 Å². The normalized spacial score (nSPS) is 14.7. The van der Waals surface area contributed by atoms with Crippen LogP contribution >= 0.6 is 0 Å². The molecular weight excluding hydrogens is 175 g/mol. The predicted octanol–water partition coefficient (Wildman–Crippen LogP) is 1.14. The van der Waals surface area contributed by atoms with E-state index in [1.807, 2.05) is 0 Å². The molecule has 0 radical (unpaired) electrons. The molecular formula is C6H6F3NO2. The van der Waals surface area contributed by atoms with Gasteiger partial charge in [0.1, 0.15) is 5.76 Å². The van der Waals surface area contributed by atoms with Gasteiger partial charge in [-0.25, -0.2) is 4.98 Å². The Bertz CT molecular complexity index is 231.